The molecule has 0 aliphatic carbocycles. The number of hydrogen-bond donors (Lipinski definition) is 0. The van der Waals surface area contributed by atoms with Crippen molar-refractivity contribution in [3.05, 3.63) is 29.6 Å². The second kappa shape index (κ2) is 4.86. The van der Waals surface area contributed by atoms with Crippen LogP contribution in [0, 0.1) is 6.92 Å². The fourth-order valence-electron chi connectivity index (χ4n) is 1.01. The van der Waals surface area contributed by atoms with Gasteiger partial charge in [-0.05, 0) is 32.9 Å². The first-order chi connectivity index (χ1) is 6.59. The van der Waals surface area contributed by atoms with E-state index >= 15 is 0 Å². The molecular weight excluding hydrogens is 178 g/mol. The minimum Gasteiger partial charge on any atom is -0.371 e. The van der Waals surface area contributed by atoms with Gasteiger partial charge in [0.2, 0.25) is 5.78 Å². The molecular formula is C11H15NO2. The van der Waals surface area contributed by atoms with Crippen LogP contribution in [-0.2, 0) is 4.74 Å². The smallest absolute Gasteiger partial charge is 0.206 e. The fourth-order valence-corrected chi connectivity index (χ4v) is 1.01. The number of hydrogen-bond acceptors (Lipinski definition) is 3. The molecule has 0 radical (unpaired) electrons. The molecule has 0 spiro atoms. The maximum absolute atomic E-state index is 11.5. The molecule has 0 aliphatic rings. The average Bonchev–Trinajstić information content (AvgIpc) is 2.14. The Bertz CT molecular complexity index is 321. The first-order valence-electron chi connectivity index (χ1n) is 4.68. The van der Waals surface area contributed by atoms with Gasteiger partial charge in [0.15, 0.2) is 0 Å². The van der Waals surface area contributed by atoms with E-state index in [9.17, 15) is 4.79 Å². The molecule has 1 rings (SSSR count). The summed E-state index contributed by atoms with van der Waals surface area (Å²) in [5.74, 6) is -0.0672. The van der Waals surface area contributed by atoms with Crippen molar-refractivity contribution in [1.29, 1.82) is 0 Å². The van der Waals surface area contributed by atoms with Gasteiger partial charge >= 0.3 is 0 Å². The van der Waals surface area contributed by atoms with E-state index in [1.54, 1.807) is 6.07 Å². The SMILES string of the molecule is Cc1cccc(C(=O)COC(C)C)n1. The van der Waals surface area contributed by atoms with E-state index in [1.807, 2.05) is 32.9 Å². The predicted molar refractivity (Wildman–Crippen MR) is 54.4 cm³/mol. The molecule has 1 aromatic heterocycles. The summed E-state index contributed by atoms with van der Waals surface area (Å²) in [5.41, 5.74) is 1.33. The van der Waals surface area contributed by atoms with E-state index in [2.05, 4.69) is 4.98 Å². The third-order valence-electron chi connectivity index (χ3n) is 1.72. The van der Waals surface area contributed by atoms with E-state index in [4.69, 9.17) is 4.74 Å². The van der Waals surface area contributed by atoms with Crippen molar-refractivity contribution in [3.63, 3.8) is 0 Å². The zero-order valence-electron chi connectivity index (χ0n) is 8.78. The predicted octanol–water partition coefficient (Wildman–Crippen LogP) is 2.00. The minimum absolute atomic E-state index is 0.0672. The van der Waals surface area contributed by atoms with E-state index in [0.717, 1.165) is 5.69 Å². The summed E-state index contributed by atoms with van der Waals surface area (Å²) in [4.78, 5) is 15.6. The summed E-state index contributed by atoms with van der Waals surface area (Å²) in [6, 6.07) is 5.39. The Balaban J connectivity index is 2.61. The molecule has 0 saturated carbocycles. The molecule has 0 atom stereocenters. The van der Waals surface area contributed by atoms with E-state index < -0.39 is 0 Å². The van der Waals surface area contributed by atoms with Crippen molar-refractivity contribution in [2.24, 2.45) is 0 Å². The quantitative estimate of drug-likeness (QED) is 0.686. The highest BCUT2D eigenvalue weighted by Gasteiger charge is 2.08. The van der Waals surface area contributed by atoms with Crippen LogP contribution >= 0.6 is 0 Å². The van der Waals surface area contributed by atoms with Crippen LogP contribution in [0.3, 0.4) is 0 Å². The molecule has 0 amide bonds. The minimum atomic E-state index is -0.0672. The molecule has 0 unspecified atom stereocenters. The van der Waals surface area contributed by atoms with Gasteiger partial charge < -0.3 is 4.74 Å². The largest absolute Gasteiger partial charge is 0.371 e. The molecule has 0 bridgehead atoms. The van der Waals surface area contributed by atoms with Gasteiger partial charge in [-0.2, -0.15) is 0 Å². The number of nitrogens with zero attached hydrogens (tertiary/aromatic N) is 1. The number of aromatic nitrogens is 1. The Morgan fingerprint density at radius 2 is 2.21 bits per heavy atom. The summed E-state index contributed by atoms with van der Waals surface area (Å²) in [6.07, 6.45) is 0.0729. The molecule has 0 fully saturated rings. The normalized spacial score (nSPS) is 10.6. The van der Waals surface area contributed by atoms with Crippen molar-refractivity contribution in [3.8, 4) is 0 Å². The maximum atomic E-state index is 11.5. The van der Waals surface area contributed by atoms with Gasteiger partial charge in [0.25, 0.3) is 0 Å². The highest BCUT2D eigenvalue weighted by Crippen LogP contribution is 2.00. The summed E-state index contributed by atoms with van der Waals surface area (Å²) >= 11 is 0. The molecule has 0 saturated heterocycles. The van der Waals surface area contributed by atoms with E-state index in [0.29, 0.717) is 5.69 Å². The summed E-state index contributed by atoms with van der Waals surface area (Å²) < 4.78 is 5.21. The van der Waals surface area contributed by atoms with Crippen molar-refractivity contribution >= 4 is 5.78 Å². The van der Waals surface area contributed by atoms with Gasteiger partial charge in [-0.15, -0.1) is 0 Å². The lowest BCUT2D eigenvalue weighted by atomic mass is 10.2. The van der Waals surface area contributed by atoms with E-state index in [1.165, 1.54) is 0 Å². The highest BCUT2D eigenvalue weighted by atomic mass is 16.5. The van der Waals surface area contributed by atoms with Gasteiger partial charge in [-0.3, -0.25) is 4.79 Å². The van der Waals surface area contributed by atoms with Gasteiger partial charge in [-0.25, -0.2) is 4.98 Å². The molecule has 3 heteroatoms. The lowest BCUT2D eigenvalue weighted by molar-refractivity contribution is 0.0580. The van der Waals surface area contributed by atoms with Gasteiger partial charge in [0.1, 0.15) is 12.3 Å². The van der Waals surface area contributed by atoms with Crippen LogP contribution in [0.15, 0.2) is 18.2 Å². The summed E-state index contributed by atoms with van der Waals surface area (Å²) in [6.45, 7) is 5.77. The van der Waals surface area contributed by atoms with Crippen LogP contribution < -0.4 is 0 Å². The molecule has 0 N–H and O–H groups in total. The monoisotopic (exact) mass is 193 g/mol. The molecule has 0 aromatic carbocycles. The number of carbonyl (C=O) groups is 1. The standard InChI is InChI=1S/C11H15NO2/c1-8(2)14-7-11(13)10-6-4-5-9(3)12-10/h4-6,8H,7H2,1-3H3. The Morgan fingerprint density at radius 1 is 1.50 bits per heavy atom. The zero-order chi connectivity index (χ0) is 10.6. The second-order valence-electron chi connectivity index (χ2n) is 3.45. The Hall–Kier alpha value is -1.22. The number of ketones is 1. The topological polar surface area (TPSA) is 39.2 Å². The van der Waals surface area contributed by atoms with E-state index in [-0.39, 0.29) is 18.5 Å². The van der Waals surface area contributed by atoms with Gasteiger partial charge in [-0.1, -0.05) is 6.07 Å². The average molecular weight is 193 g/mol. The lowest BCUT2D eigenvalue weighted by Gasteiger charge is -2.06. The van der Waals surface area contributed by atoms with Crippen LogP contribution in [0.2, 0.25) is 0 Å². The molecule has 1 aromatic rings. The third kappa shape index (κ3) is 3.26. The highest BCUT2D eigenvalue weighted by molar-refractivity contribution is 5.95. The van der Waals surface area contributed by atoms with Crippen LogP contribution in [0.5, 0.6) is 0 Å². The Kier molecular flexibility index (Phi) is 3.77. The number of Topliss-reactive ketones (excluding diaryl/α,β-unsaturated/α-hetero) is 1. The molecule has 0 aliphatic heterocycles. The Morgan fingerprint density at radius 3 is 2.79 bits per heavy atom. The first kappa shape index (κ1) is 10.9. The lowest BCUT2D eigenvalue weighted by Crippen LogP contribution is -2.14. The third-order valence-corrected chi connectivity index (χ3v) is 1.72. The van der Waals surface area contributed by atoms with Crippen LogP contribution in [0.4, 0.5) is 0 Å². The first-order valence-corrected chi connectivity index (χ1v) is 4.68. The zero-order valence-corrected chi connectivity index (χ0v) is 8.78. The molecule has 1 heterocycles. The van der Waals surface area contributed by atoms with Gasteiger partial charge in [0.05, 0.1) is 6.10 Å². The van der Waals surface area contributed by atoms with Crippen LogP contribution in [0.25, 0.3) is 0 Å². The molecule has 76 valence electrons. The molecule has 3 nitrogen and oxygen atoms in total. The van der Waals surface area contributed by atoms with Crippen molar-refractivity contribution in [2.45, 2.75) is 26.9 Å². The van der Waals surface area contributed by atoms with Gasteiger partial charge in [0, 0.05) is 5.69 Å². The number of aryl methyl sites for hydroxylation is 1. The number of rotatable bonds is 4. The Labute approximate surface area is 84.1 Å². The fraction of sp³-hybridized carbons (Fsp3) is 0.455. The molecule has 14 heavy (non-hydrogen) atoms. The maximum Gasteiger partial charge on any atom is 0.206 e. The van der Waals surface area contributed by atoms with Crippen LogP contribution in [0.1, 0.15) is 30.0 Å². The summed E-state index contributed by atoms with van der Waals surface area (Å²) in [5, 5.41) is 0. The summed E-state index contributed by atoms with van der Waals surface area (Å²) in [7, 11) is 0. The van der Waals surface area contributed by atoms with Crippen molar-refractivity contribution < 1.29 is 9.53 Å². The van der Waals surface area contributed by atoms with Crippen LogP contribution in [-0.4, -0.2) is 23.5 Å². The number of pyridine rings is 1. The second-order valence-corrected chi connectivity index (χ2v) is 3.45. The number of carbonyl (C=O) groups excluding carboxylic acids is 1. The van der Waals surface area contributed by atoms with Crippen molar-refractivity contribution in [1.82, 2.24) is 4.98 Å². The number of ether oxygens (including phenoxy) is 1. The van der Waals surface area contributed by atoms with Crippen molar-refractivity contribution in [2.75, 3.05) is 6.61 Å².